The van der Waals surface area contributed by atoms with Crippen LogP contribution in [0.25, 0.3) is 0 Å². The predicted octanol–water partition coefficient (Wildman–Crippen LogP) is 2.50. The third-order valence-corrected chi connectivity index (χ3v) is 8.04. The molecule has 1 atom stereocenters. The fourth-order valence-electron chi connectivity index (χ4n) is 4.02. The van der Waals surface area contributed by atoms with Crippen molar-refractivity contribution < 1.29 is 26.8 Å². The molecule has 0 radical (unpaired) electrons. The maximum absolute atomic E-state index is 13.5. The summed E-state index contributed by atoms with van der Waals surface area (Å²) in [5.41, 5.74) is 0.0680. The Labute approximate surface area is 189 Å². The normalized spacial score (nSPS) is 20.1. The lowest BCUT2D eigenvalue weighted by atomic mass is 10.1. The van der Waals surface area contributed by atoms with Crippen LogP contribution in [-0.4, -0.2) is 62.2 Å². The Morgan fingerprint density at radius 2 is 1.62 bits per heavy atom. The standard InChI is InChI=1S/C21H20ClF2N3O4S/c22-18-3-1-2-4-19(18)32(30,31)26-7-5-25(6-8-26)21(29)14-9-20(28)27(13-14)17-11-15(23)10-16(24)12-17/h1-4,10-12,14H,5-9,13H2. The summed E-state index contributed by atoms with van der Waals surface area (Å²) in [5.74, 6) is -2.96. The van der Waals surface area contributed by atoms with Gasteiger partial charge in [-0.25, -0.2) is 17.2 Å². The first kappa shape index (κ1) is 22.6. The third-order valence-electron chi connectivity index (χ3n) is 5.64. The number of hydrogen-bond donors (Lipinski definition) is 0. The van der Waals surface area contributed by atoms with Crippen LogP contribution in [0.2, 0.25) is 5.02 Å². The minimum Gasteiger partial charge on any atom is -0.340 e. The molecule has 4 rings (SSSR count). The van der Waals surface area contributed by atoms with Crippen molar-refractivity contribution in [3.63, 3.8) is 0 Å². The van der Waals surface area contributed by atoms with Gasteiger partial charge in [0.05, 0.1) is 10.9 Å². The van der Waals surface area contributed by atoms with Gasteiger partial charge in [0.2, 0.25) is 21.8 Å². The molecule has 0 aliphatic carbocycles. The molecule has 2 aromatic carbocycles. The van der Waals surface area contributed by atoms with Crippen LogP contribution in [0.15, 0.2) is 47.4 Å². The van der Waals surface area contributed by atoms with Crippen molar-refractivity contribution in [3.8, 4) is 0 Å². The average molecular weight is 484 g/mol. The fraction of sp³-hybridized carbons (Fsp3) is 0.333. The number of piperazine rings is 1. The van der Waals surface area contributed by atoms with Gasteiger partial charge < -0.3 is 9.80 Å². The van der Waals surface area contributed by atoms with Gasteiger partial charge in [0, 0.05) is 50.9 Å². The predicted molar refractivity (Wildman–Crippen MR) is 114 cm³/mol. The molecule has 0 spiro atoms. The Hall–Kier alpha value is -2.56. The summed E-state index contributed by atoms with van der Waals surface area (Å²) in [6.45, 7) is 0.542. The van der Waals surface area contributed by atoms with Crippen LogP contribution in [-0.2, 0) is 19.6 Å². The highest BCUT2D eigenvalue weighted by molar-refractivity contribution is 7.89. The quantitative estimate of drug-likeness (QED) is 0.669. The van der Waals surface area contributed by atoms with Crippen molar-refractivity contribution in [1.29, 1.82) is 0 Å². The van der Waals surface area contributed by atoms with Crippen molar-refractivity contribution in [2.75, 3.05) is 37.6 Å². The largest absolute Gasteiger partial charge is 0.340 e. The van der Waals surface area contributed by atoms with Crippen LogP contribution < -0.4 is 4.90 Å². The molecular formula is C21H20ClF2N3O4S. The second-order valence-electron chi connectivity index (χ2n) is 7.69. The Balaban J connectivity index is 1.41. The van der Waals surface area contributed by atoms with Crippen molar-refractivity contribution in [3.05, 3.63) is 59.1 Å². The van der Waals surface area contributed by atoms with E-state index < -0.39 is 33.5 Å². The summed E-state index contributed by atoms with van der Waals surface area (Å²) >= 11 is 6.04. The van der Waals surface area contributed by atoms with Gasteiger partial charge in [0.25, 0.3) is 0 Å². The fourth-order valence-corrected chi connectivity index (χ4v) is 5.93. The number of anilines is 1. The Kier molecular flexibility index (Phi) is 6.19. The number of hydrogen-bond acceptors (Lipinski definition) is 4. The molecule has 32 heavy (non-hydrogen) atoms. The SMILES string of the molecule is O=C(C1CC(=O)N(c2cc(F)cc(F)c2)C1)N1CCN(S(=O)(=O)c2ccccc2Cl)CC1. The van der Waals surface area contributed by atoms with Gasteiger partial charge in [-0.3, -0.25) is 9.59 Å². The summed E-state index contributed by atoms with van der Waals surface area (Å²) in [6, 6.07) is 8.97. The number of sulfonamides is 1. The highest BCUT2D eigenvalue weighted by atomic mass is 35.5. The topological polar surface area (TPSA) is 78.0 Å². The Bertz CT molecular complexity index is 1150. The van der Waals surface area contributed by atoms with Crippen molar-refractivity contribution >= 4 is 39.1 Å². The van der Waals surface area contributed by atoms with Crippen LogP contribution in [0.5, 0.6) is 0 Å². The van der Waals surface area contributed by atoms with Gasteiger partial charge in [-0.2, -0.15) is 4.31 Å². The van der Waals surface area contributed by atoms with Crippen molar-refractivity contribution in [2.45, 2.75) is 11.3 Å². The summed E-state index contributed by atoms with van der Waals surface area (Å²) < 4.78 is 54.0. The minimum absolute atomic E-state index is 0.0126. The smallest absolute Gasteiger partial charge is 0.244 e. The molecule has 2 aromatic rings. The number of carbonyl (C=O) groups is 2. The van der Waals surface area contributed by atoms with Gasteiger partial charge >= 0.3 is 0 Å². The second kappa shape index (κ2) is 8.76. The minimum atomic E-state index is -3.79. The van der Waals surface area contributed by atoms with Crippen molar-refractivity contribution in [1.82, 2.24) is 9.21 Å². The molecule has 2 heterocycles. The zero-order valence-electron chi connectivity index (χ0n) is 16.9. The van der Waals surface area contributed by atoms with E-state index in [0.29, 0.717) is 6.07 Å². The molecule has 2 saturated heterocycles. The van der Waals surface area contributed by atoms with E-state index in [1.165, 1.54) is 26.2 Å². The first-order valence-corrected chi connectivity index (χ1v) is 11.8. The number of halogens is 3. The lowest BCUT2D eigenvalue weighted by Crippen LogP contribution is -2.52. The third kappa shape index (κ3) is 4.35. The lowest BCUT2D eigenvalue weighted by molar-refractivity contribution is -0.136. The maximum Gasteiger partial charge on any atom is 0.244 e. The summed E-state index contributed by atoms with van der Waals surface area (Å²) in [5, 5.41) is 0.129. The summed E-state index contributed by atoms with van der Waals surface area (Å²) in [6.07, 6.45) is -0.0743. The van der Waals surface area contributed by atoms with E-state index in [-0.39, 0.29) is 60.7 Å². The van der Waals surface area contributed by atoms with Crippen LogP contribution in [0, 0.1) is 17.6 Å². The van der Waals surface area contributed by atoms with Gasteiger partial charge in [-0.1, -0.05) is 23.7 Å². The van der Waals surface area contributed by atoms with E-state index in [0.717, 1.165) is 12.1 Å². The molecule has 0 N–H and O–H groups in total. The molecule has 2 aliphatic heterocycles. The van der Waals surface area contributed by atoms with Crippen LogP contribution in [0.1, 0.15) is 6.42 Å². The zero-order valence-corrected chi connectivity index (χ0v) is 18.5. The van der Waals surface area contributed by atoms with E-state index >= 15 is 0 Å². The monoisotopic (exact) mass is 483 g/mol. The van der Waals surface area contributed by atoms with Crippen LogP contribution >= 0.6 is 11.6 Å². The highest BCUT2D eigenvalue weighted by Crippen LogP contribution is 2.29. The molecule has 0 bridgehead atoms. The van der Waals surface area contributed by atoms with Crippen LogP contribution in [0.4, 0.5) is 14.5 Å². The Morgan fingerprint density at radius 1 is 1.00 bits per heavy atom. The molecule has 2 amide bonds. The molecule has 1 unspecified atom stereocenters. The number of amides is 2. The maximum atomic E-state index is 13.5. The Morgan fingerprint density at radius 3 is 2.25 bits per heavy atom. The van der Waals surface area contributed by atoms with Gasteiger partial charge in [0.15, 0.2) is 0 Å². The molecule has 11 heteroatoms. The van der Waals surface area contributed by atoms with Crippen LogP contribution in [0.3, 0.4) is 0 Å². The van der Waals surface area contributed by atoms with E-state index in [1.807, 2.05) is 0 Å². The molecule has 0 aromatic heterocycles. The second-order valence-corrected chi connectivity index (χ2v) is 10.0. The van der Waals surface area contributed by atoms with Gasteiger partial charge in [0.1, 0.15) is 16.5 Å². The highest BCUT2D eigenvalue weighted by Gasteiger charge is 2.39. The average Bonchev–Trinajstić information content (AvgIpc) is 3.14. The molecule has 0 saturated carbocycles. The number of rotatable bonds is 4. The molecule has 170 valence electrons. The number of nitrogens with zero attached hydrogens (tertiary/aromatic N) is 3. The van der Waals surface area contributed by atoms with E-state index in [1.54, 1.807) is 12.1 Å². The summed E-state index contributed by atoms with van der Waals surface area (Å²) in [7, 11) is -3.79. The van der Waals surface area contributed by atoms with Gasteiger partial charge in [-0.15, -0.1) is 0 Å². The first-order chi connectivity index (χ1) is 15.2. The molecular weight excluding hydrogens is 464 g/mol. The number of carbonyl (C=O) groups excluding carboxylic acids is 2. The van der Waals surface area contributed by atoms with E-state index in [2.05, 4.69) is 0 Å². The lowest BCUT2D eigenvalue weighted by Gasteiger charge is -2.35. The van der Waals surface area contributed by atoms with E-state index in [9.17, 15) is 26.8 Å². The number of benzene rings is 2. The molecule has 2 aliphatic rings. The molecule has 2 fully saturated rings. The van der Waals surface area contributed by atoms with Crippen molar-refractivity contribution in [2.24, 2.45) is 5.92 Å². The first-order valence-electron chi connectivity index (χ1n) is 9.97. The van der Waals surface area contributed by atoms with Gasteiger partial charge in [-0.05, 0) is 24.3 Å². The zero-order chi connectivity index (χ0) is 23.0. The van der Waals surface area contributed by atoms with E-state index in [4.69, 9.17) is 11.6 Å². The molecule has 7 nitrogen and oxygen atoms in total. The summed E-state index contributed by atoms with van der Waals surface area (Å²) in [4.78, 5) is 28.1.